The standard InChI is InChI=1S/C26H21FN6O2.C24H20FN5O/c1-2-22(35)33-10-9-32(14-17(33)7-8-28)26-21-13-29-24(23(27)25(21)30-15-31-26)20-12-18(34)11-16-5-3-4-6-19(16)20;25-21-22(19-11-17(31)10-16-5-1-2-6-18(16)19)27-12-20-23(21)28-14-29-24(20)30-9-3-4-15(13-30)7-8-26/h2-6,11-13,15,17,34H,1,7,9-10,14H2;1-2,5-6,10-12,14-15,31H,3-4,7,9,13H2/t17-;15-/m00/s1. The maximum atomic E-state index is 15.8. The molecule has 2 saturated heterocycles. The SMILES string of the molecule is C=CC(=O)N1CCN(c2ncnc3c(F)c(-c4cc(O)cc5ccccc45)ncc23)C[C@@H]1CC#N.N#CC[C@@H]1CCCN(c2ncnc3c(F)c(-c4cc(O)cc5ccccc45)ncc23)C1. The summed E-state index contributed by atoms with van der Waals surface area (Å²) in [5.41, 5.74) is 1.51. The van der Waals surface area contributed by atoms with Crippen LogP contribution in [0.4, 0.5) is 20.4 Å². The minimum Gasteiger partial charge on any atom is -0.508 e. The number of carbonyl (C=O) groups excluding carboxylic acids is 1. The molecule has 0 aliphatic carbocycles. The lowest BCUT2D eigenvalue weighted by atomic mass is 9.95. The zero-order valence-electron chi connectivity index (χ0n) is 35.5. The summed E-state index contributed by atoms with van der Waals surface area (Å²) in [7, 11) is 0. The van der Waals surface area contributed by atoms with E-state index in [1.54, 1.807) is 23.2 Å². The van der Waals surface area contributed by atoms with E-state index in [4.69, 9.17) is 5.26 Å². The van der Waals surface area contributed by atoms with Gasteiger partial charge in [-0.15, -0.1) is 0 Å². The van der Waals surface area contributed by atoms with E-state index in [1.165, 1.54) is 37.1 Å². The van der Waals surface area contributed by atoms with E-state index in [0.29, 0.717) is 66.1 Å². The van der Waals surface area contributed by atoms with Crippen LogP contribution >= 0.6 is 0 Å². The molecule has 10 rings (SSSR count). The van der Waals surface area contributed by atoms with E-state index >= 15 is 8.78 Å². The molecular weight excluding hydrogens is 841 g/mol. The van der Waals surface area contributed by atoms with E-state index in [1.807, 2.05) is 53.4 Å². The van der Waals surface area contributed by atoms with Gasteiger partial charge in [0.2, 0.25) is 5.91 Å². The van der Waals surface area contributed by atoms with E-state index in [9.17, 15) is 20.3 Å². The van der Waals surface area contributed by atoms with Gasteiger partial charge in [-0.25, -0.2) is 28.7 Å². The molecule has 4 aromatic carbocycles. The molecule has 2 atom stereocenters. The molecule has 0 unspecified atom stereocenters. The van der Waals surface area contributed by atoms with Gasteiger partial charge in [0.15, 0.2) is 11.6 Å². The minimum absolute atomic E-state index is 0.0128. The Balaban J connectivity index is 0.000000167. The number of rotatable bonds is 7. The van der Waals surface area contributed by atoms with Gasteiger partial charge in [0, 0.05) is 62.7 Å². The number of phenols is 2. The maximum absolute atomic E-state index is 15.8. The van der Waals surface area contributed by atoms with Crippen LogP contribution in [0.15, 0.2) is 110 Å². The molecule has 328 valence electrons. The molecule has 66 heavy (non-hydrogen) atoms. The molecule has 14 nitrogen and oxygen atoms in total. The van der Waals surface area contributed by atoms with Gasteiger partial charge >= 0.3 is 0 Å². The fourth-order valence-electron chi connectivity index (χ4n) is 9.11. The zero-order valence-corrected chi connectivity index (χ0v) is 35.5. The van der Waals surface area contributed by atoms with Crippen molar-refractivity contribution in [2.75, 3.05) is 42.5 Å². The highest BCUT2D eigenvalue weighted by Gasteiger charge is 2.31. The summed E-state index contributed by atoms with van der Waals surface area (Å²) < 4.78 is 31.5. The van der Waals surface area contributed by atoms with Crippen molar-refractivity contribution < 1.29 is 23.8 Å². The van der Waals surface area contributed by atoms with Crippen LogP contribution in [-0.4, -0.2) is 89.7 Å². The fraction of sp³-hybridized carbons (Fsp3) is 0.220. The summed E-state index contributed by atoms with van der Waals surface area (Å²) in [6.07, 6.45) is 9.67. The Morgan fingerprint density at radius 3 is 1.76 bits per heavy atom. The molecule has 6 heterocycles. The predicted octanol–water partition coefficient (Wildman–Crippen LogP) is 8.63. The van der Waals surface area contributed by atoms with Crippen molar-refractivity contribution in [2.45, 2.75) is 31.7 Å². The third-order valence-electron chi connectivity index (χ3n) is 12.2. The topological polar surface area (TPSA) is 192 Å². The lowest BCUT2D eigenvalue weighted by Gasteiger charge is -2.41. The van der Waals surface area contributed by atoms with Gasteiger partial charge in [-0.05, 0) is 70.6 Å². The number of anilines is 2. The molecule has 0 spiro atoms. The van der Waals surface area contributed by atoms with Crippen LogP contribution in [-0.2, 0) is 4.79 Å². The molecule has 8 aromatic rings. The molecule has 16 heteroatoms. The van der Waals surface area contributed by atoms with Gasteiger partial charge < -0.3 is 24.9 Å². The monoisotopic (exact) mass is 881 g/mol. The average Bonchev–Trinajstić information content (AvgIpc) is 3.34. The molecule has 0 saturated carbocycles. The smallest absolute Gasteiger partial charge is 0.246 e. The van der Waals surface area contributed by atoms with Crippen LogP contribution < -0.4 is 9.80 Å². The summed E-state index contributed by atoms with van der Waals surface area (Å²) >= 11 is 0. The fourth-order valence-corrected chi connectivity index (χ4v) is 9.11. The van der Waals surface area contributed by atoms with Crippen molar-refractivity contribution in [2.24, 2.45) is 5.92 Å². The number of benzene rings is 4. The van der Waals surface area contributed by atoms with Crippen LogP contribution in [0.2, 0.25) is 0 Å². The summed E-state index contributed by atoms with van der Waals surface area (Å²) in [5, 5.41) is 42.8. The first-order valence-electron chi connectivity index (χ1n) is 21.4. The van der Waals surface area contributed by atoms with Gasteiger partial charge in [0.05, 0.1) is 35.4 Å². The third-order valence-corrected chi connectivity index (χ3v) is 12.2. The number of nitrogens with zero attached hydrogens (tertiary/aromatic N) is 11. The summed E-state index contributed by atoms with van der Waals surface area (Å²) in [5.74, 6) is 0.0915. The van der Waals surface area contributed by atoms with Crippen LogP contribution in [0.3, 0.4) is 0 Å². The largest absolute Gasteiger partial charge is 0.508 e. The van der Waals surface area contributed by atoms with Gasteiger partial charge in [0.1, 0.15) is 58.2 Å². The van der Waals surface area contributed by atoms with Crippen LogP contribution in [0, 0.1) is 40.2 Å². The lowest BCUT2D eigenvalue weighted by Crippen LogP contribution is -2.55. The Kier molecular flexibility index (Phi) is 12.0. The predicted molar refractivity (Wildman–Crippen MR) is 247 cm³/mol. The van der Waals surface area contributed by atoms with Gasteiger partial charge in [0.25, 0.3) is 0 Å². The number of aromatic nitrogens is 6. The number of hydrogen-bond donors (Lipinski definition) is 2. The highest BCUT2D eigenvalue weighted by molar-refractivity contribution is 6.01. The van der Waals surface area contributed by atoms with E-state index in [2.05, 4.69) is 53.5 Å². The number of halogens is 2. The van der Waals surface area contributed by atoms with Crippen molar-refractivity contribution in [3.05, 3.63) is 122 Å². The normalized spacial score (nSPS) is 16.2. The number of fused-ring (bicyclic) bond motifs is 4. The number of carbonyl (C=O) groups is 1. The first-order chi connectivity index (χ1) is 32.2. The van der Waals surface area contributed by atoms with Crippen LogP contribution in [0.25, 0.3) is 65.9 Å². The van der Waals surface area contributed by atoms with Crippen molar-refractivity contribution in [1.82, 2.24) is 34.8 Å². The molecule has 4 aromatic heterocycles. The Hall–Kier alpha value is -8.37. The quantitative estimate of drug-likeness (QED) is 0.145. The second-order valence-electron chi connectivity index (χ2n) is 16.2. The van der Waals surface area contributed by atoms with Gasteiger partial charge in [-0.1, -0.05) is 55.1 Å². The van der Waals surface area contributed by atoms with Crippen molar-refractivity contribution in [3.8, 4) is 46.2 Å². The highest BCUT2D eigenvalue weighted by Crippen LogP contribution is 2.38. The Morgan fingerprint density at radius 2 is 1.23 bits per heavy atom. The molecule has 0 bridgehead atoms. The maximum Gasteiger partial charge on any atom is 0.246 e. The first-order valence-corrected chi connectivity index (χ1v) is 21.4. The molecule has 2 aliphatic heterocycles. The number of phenolic OH excluding ortho intramolecular Hbond substituents is 2. The second-order valence-corrected chi connectivity index (χ2v) is 16.2. The molecular formula is C50H41F2N11O3. The molecule has 2 fully saturated rings. The van der Waals surface area contributed by atoms with E-state index in [0.717, 1.165) is 40.9 Å². The Morgan fingerprint density at radius 1 is 0.697 bits per heavy atom. The number of pyridine rings is 2. The number of piperazine rings is 1. The molecule has 2 aliphatic rings. The molecule has 1 amide bonds. The summed E-state index contributed by atoms with van der Waals surface area (Å²) in [6, 6.07) is 25.2. The Labute approximate surface area is 377 Å². The molecule has 2 N–H and O–H groups in total. The number of amides is 1. The Bertz CT molecular complexity index is 3280. The van der Waals surface area contributed by atoms with E-state index in [-0.39, 0.29) is 58.2 Å². The van der Waals surface area contributed by atoms with Gasteiger partial charge in [-0.3, -0.25) is 14.8 Å². The first kappa shape index (κ1) is 42.9. The number of piperidine rings is 1. The number of hydrogen-bond acceptors (Lipinski definition) is 13. The highest BCUT2D eigenvalue weighted by atomic mass is 19.1. The third kappa shape index (κ3) is 8.16. The summed E-state index contributed by atoms with van der Waals surface area (Å²) in [4.78, 5) is 43.9. The van der Waals surface area contributed by atoms with Crippen LogP contribution in [0.5, 0.6) is 11.5 Å². The van der Waals surface area contributed by atoms with Crippen molar-refractivity contribution in [3.63, 3.8) is 0 Å². The zero-order chi connectivity index (χ0) is 45.9. The second kappa shape index (κ2) is 18.4. The lowest BCUT2D eigenvalue weighted by molar-refractivity contribution is -0.128. The average molecular weight is 882 g/mol. The molecule has 0 radical (unpaired) electrons. The van der Waals surface area contributed by atoms with Gasteiger partial charge in [-0.2, -0.15) is 10.5 Å². The number of aromatic hydroxyl groups is 2. The van der Waals surface area contributed by atoms with Crippen molar-refractivity contribution in [1.29, 1.82) is 10.5 Å². The summed E-state index contributed by atoms with van der Waals surface area (Å²) in [6.45, 7) is 6.24. The van der Waals surface area contributed by atoms with E-state index < -0.39 is 11.6 Å². The minimum atomic E-state index is -0.615. The van der Waals surface area contributed by atoms with Crippen LogP contribution in [0.1, 0.15) is 25.7 Å². The number of nitriles is 2. The van der Waals surface area contributed by atoms with Crippen molar-refractivity contribution >= 4 is 60.9 Å².